The van der Waals surface area contributed by atoms with Gasteiger partial charge in [0.15, 0.2) is 0 Å². The van der Waals surface area contributed by atoms with Crippen molar-refractivity contribution in [2.24, 2.45) is 0 Å². The van der Waals surface area contributed by atoms with Crippen molar-refractivity contribution >= 4 is 5.97 Å². The predicted octanol–water partition coefficient (Wildman–Crippen LogP) is 2.69. The average Bonchev–Trinajstić information content (AvgIpc) is 2.56. The number of esters is 1. The van der Waals surface area contributed by atoms with Crippen molar-refractivity contribution in [1.29, 1.82) is 0 Å². The van der Waals surface area contributed by atoms with Crippen molar-refractivity contribution < 1.29 is 24.2 Å². The van der Waals surface area contributed by atoms with E-state index in [0.717, 1.165) is 0 Å². The molecule has 0 aliphatic heterocycles. The van der Waals surface area contributed by atoms with Crippen LogP contribution in [0.4, 0.5) is 0 Å². The molecule has 23 heavy (non-hydrogen) atoms. The monoisotopic (exact) mass is 319 g/mol. The highest BCUT2D eigenvalue weighted by molar-refractivity contribution is 5.89. The van der Waals surface area contributed by atoms with Gasteiger partial charge >= 0.3 is 5.97 Å². The summed E-state index contributed by atoms with van der Waals surface area (Å²) in [7, 11) is 1.43. The zero-order valence-electron chi connectivity index (χ0n) is 12.6. The molecular formula is C16H17NO6. The Hall–Kier alpha value is -3.09. The summed E-state index contributed by atoms with van der Waals surface area (Å²) in [4.78, 5) is 26.2. The predicted molar refractivity (Wildman–Crippen MR) is 83.0 cm³/mol. The highest BCUT2D eigenvalue weighted by Gasteiger charge is 2.04. The van der Waals surface area contributed by atoms with Gasteiger partial charge < -0.3 is 14.3 Å². The van der Waals surface area contributed by atoms with E-state index in [4.69, 9.17) is 9.47 Å². The lowest BCUT2D eigenvalue weighted by atomic mass is 10.2. The molecule has 122 valence electrons. The fourth-order valence-electron chi connectivity index (χ4n) is 1.51. The van der Waals surface area contributed by atoms with Crippen LogP contribution in [0.5, 0.6) is 0 Å². The van der Waals surface area contributed by atoms with E-state index in [-0.39, 0.29) is 13.2 Å². The van der Waals surface area contributed by atoms with E-state index in [2.05, 4.69) is 11.4 Å². The zero-order valence-corrected chi connectivity index (χ0v) is 12.6. The van der Waals surface area contributed by atoms with Gasteiger partial charge in [-0.15, -0.1) is 10.1 Å². The maximum absolute atomic E-state index is 11.7. The second-order valence-electron chi connectivity index (χ2n) is 4.25. The SMILES string of the molecule is C=C(/C=C(\C=C/COC(=O)c1ccccc1)CO[N+](=O)[O-])OC. The largest absolute Gasteiger partial charge is 0.497 e. The lowest BCUT2D eigenvalue weighted by Gasteiger charge is -2.04. The van der Waals surface area contributed by atoms with Gasteiger partial charge in [-0.25, -0.2) is 4.79 Å². The molecule has 0 saturated heterocycles. The van der Waals surface area contributed by atoms with Gasteiger partial charge in [-0.05, 0) is 29.9 Å². The van der Waals surface area contributed by atoms with Crippen molar-refractivity contribution in [3.8, 4) is 0 Å². The van der Waals surface area contributed by atoms with Gasteiger partial charge in [-0.3, -0.25) is 0 Å². The van der Waals surface area contributed by atoms with E-state index in [1.165, 1.54) is 19.3 Å². The summed E-state index contributed by atoms with van der Waals surface area (Å²) in [6.07, 6.45) is 4.56. The second-order valence-corrected chi connectivity index (χ2v) is 4.25. The summed E-state index contributed by atoms with van der Waals surface area (Å²) >= 11 is 0. The van der Waals surface area contributed by atoms with Crippen LogP contribution >= 0.6 is 0 Å². The standard InChI is InChI=1S/C16H17NO6/c1-13(21-2)11-14(12-23-17(19)20)7-6-10-22-16(18)15-8-4-3-5-9-15/h3-9,11H,1,10,12H2,2H3/b7-6-,14-11+. The van der Waals surface area contributed by atoms with Crippen molar-refractivity contribution in [2.45, 2.75) is 0 Å². The molecule has 0 N–H and O–H groups in total. The Bertz CT molecular complexity index is 606. The number of carbonyl (C=O) groups is 1. The van der Waals surface area contributed by atoms with Crippen molar-refractivity contribution in [3.05, 3.63) is 82.1 Å². The van der Waals surface area contributed by atoms with Gasteiger partial charge in [0.25, 0.3) is 5.09 Å². The maximum Gasteiger partial charge on any atom is 0.338 e. The number of nitrogens with zero attached hydrogens (tertiary/aromatic N) is 1. The van der Waals surface area contributed by atoms with Crippen LogP contribution in [0.3, 0.4) is 0 Å². The quantitative estimate of drug-likeness (QED) is 0.229. The van der Waals surface area contributed by atoms with Crippen molar-refractivity contribution in [1.82, 2.24) is 0 Å². The molecule has 0 spiro atoms. The zero-order chi connectivity index (χ0) is 17.1. The number of rotatable bonds is 9. The third kappa shape index (κ3) is 7.47. The number of hydrogen-bond acceptors (Lipinski definition) is 6. The van der Waals surface area contributed by atoms with Crippen LogP contribution in [-0.4, -0.2) is 31.4 Å². The molecule has 1 aromatic carbocycles. The molecule has 0 saturated carbocycles. The molecule has 0 unspecified atom stereocenters. The van der Waals surface area contributed by atoms with Crippen molar-refractivity contribution in [3.63, 3.8) is 0 Å². The molecule has 0 bridgehead atoms. The molecule has 1 rings (SSSR count). The lowest BCUT2D eigenvalue weighted by Crippen LogP contribution is -2.06. The first kappa shape index (κ1) is 18.0. The molecule has 0 heterocycles. The smallest absolute Gasteiger partial charge is 0.338 e. The van der Waals surface area contributed by atoms with Crippen molar-refractivity contribution in [2.75, 3.05) is 20.3 Å². The van der Waals surface area contributed by atoms with E-state index in [0.29, 0.717) is 16.9 Å². The fourth-order valence-corrected chi connectivity index (χ4v) is 1.51. The van der Waals surface area contributed by atoms with E-state index < -0.39 is 11.1 Å². The molecular weight excluding hydrogens is 302 g/mol. The average molecular weight is 319 g/mol. The summed E-state index contributed by atoms with van der Waals surface area (Å²) in [6, 6.07) is 8.55. The van der Waals surface area contributed by atoms with Gasteiger partial charge in [0.05, 0.1) is 12.7 Å². The molecule has 0 aliphatic rings. The van der Waals surface area contributed by atoms with Gasteiger partial charge in [0.1, 0.15) is 19.0 Å². The van der Waals surface area contributed by atoms with Crippen LogP contribution in [0, 0.1) is 10.1 Å². The number of methoxy groups -OCH3 is 1. The number of hydrogen-bond donors (Lipinski definition) is 0. The second kappa shape index (κ2) is 9.78. The van der Waals surface area contributed by atoms with E-state index in [1.54, 1.807) is 36.4 Å². The molecule has 0 fully saturated rings. The Labute approximate surface area is 133 Å². The molecule has 0 amide bonds. The minimum absolute atomic E-state index is 0.0169. The Morgan fingerprint density at radius 3 is 2.65 bits per heavy atom. The summed E-state index contributed by atoms with van der Waals surface area (Å²) in [5, 5.41) is 9.35. The van der Waals surface area contributed by atoms with Crippen LogP contribution in [0.15, 0.2) is 66.5 Å². The molecule has 0 aromatic heterocycles. The molecule has 7 heteroatoms. The molecule has 1 aromatic rings. The first-order chi connectivity index (χ1) is 11.0. The topological polar surface area (TPSA) is 87.9 Å². The highest BCUT2D eigenvalue weighted by Crippen LogP contribution is 2.05. The van der Waals surface area contributed by atoms with Gasteiger partial charge in [-0.2, -0.15) is 0 Å². The van der Waals surface area contributed by atoms with Gasteiger partial charge in [-0.1, -0.05) is 30.9 Å². The van der Waals surface area contributed by atoms with Crippen LogP contribution < -0.4 is 0 Å². The van der Waals surface area contributed by atoms with E-state index in [1.807, 2.05) is 0 Å². The Morgan fingerprint density at radius 1 is 1.35 bits per heavy atom. The molecule has 0 aliphatic carbocycles. The Morgan fingerprint density at radius 2 is 2.04 bits per heavy atom. The summed E-state index contributed by atoms with van der Waals surface area (Å²) < 4.78 is 9.93. The summed E-state index contributed by atoms with van der Waals surface area (Å²) in [5.41, 5.74) is 0.894. The normalized spacial score (nSPS) is 11.1. The number of allylic oxidation sites excluding steroid dienone is 1. The fraction of sp³-hybridized carbons (Fsp3) is 0.188. The number of carbonyl (C=O) groups excluding carboxylic acids is 1. The molecule has 7 nitrogen and oxygen atoms in total. The van der Waals surface area contributed by atoms with Crippen LogP contribution in [-0.2, 0) is 14.3 Å². The molecule has 0 radical (unpaired) electrons. The van der Waals surface area contributed by atoms with Crippen LogP contribution in [0.1, 0.15) is 10.4 Å². The third-order valence-corrected chi connectivity index (χ3v) is 2.60. The first-order valence-electron chi connectivity index (χ1n) is 6.62. The molecule has 0 atom stereocenters. The Balaban J connectivity index is 2.56. The minimum atomic E-state index is -0.896. The Kier molecular flexibility index (Phi) is 7.63. The summed E-state index contributed by atoms with van der Waals surface area (Å²) in [5.74, 6) is -0.137. The lowest BCUT2D eigenvalue weighted by molar-refractivity contribution is -0.755. The number of benzene rings is 1. The van der Waals surface area contributed by atoms with Crippen LogP contribution in [0.2, 0.25) is 0 Å². The highest BCUT2D eigenvalue weighted by atomic mass is 16.9. The summed E-state index contributed by atoms with van der Waals surface area (Å²) in [6.45, 7) is 3.34. The van der Waals surface area contributed by atoms with Gasteiger partial charge in [0.2, 0.25) is 0 Å². The van der Waals surface area contributed by atoms with E-state index >= 15 is 0 Å². The minimum Gasteiger partial charge on any atom is -0.497 e. The maximum atomic E-state index is 11.7. The van der Waals surface area contributed by atoms with E-state index in [9.17, 15) is 14.9 Å². The van der Waals surface area contributed by atoms with Crippen LogP contribution in [0.25, 0.3) is 0 Å². The van der Waals surface area contributed by atoms with Gasteiger partial charge in [0, 0.05) is 0 Å². The first-order valence-corrected chi connectivity index (χ1v) is 6.62. The third-order valence-electron chi connectivity index (χ3n) is 2.60. The number of ether oxygens (including phenoxy) is 2.